The Balaban J connectivity index is 0.00000203. The maximum absolute atomic E-state index is 2.85. The van der Waals surface area contributed by atoms with Crippen molar-refractivity contribution in [2.24, 2.45) is 0 Å². The average molecular weight is 785 g/mol. The minimum Gasteiger partial charge on any atom is -1.00 e. The Morgan fingerprint density at radius 1 is 0.471 bits per heavy atom. The van der Waals surface area contributed by atoms with Crippen LogP contribution in [0.25, 0.3) is 56.0 Å². The van der Waals surface area contributed by atoms with E-state index in [0.29, 0.717) is 7.25 Å². The predicted molar refractivity (Wildman–Crippen MR) is 209 cm³/mol. The minimum absolute atomic E-state index is 0. The van der Waals surface area contributed by atoms with E-state index in [1.165, 1.54) is 102 Å². The molecule has 256 valence electrons. The van der Waals surface area contributed by atoms with Gasteiger partial charge in [0.2, 0.25) is 0 Å². The number of halogens is 2. The van der Waals surface area contributed by atoms with Crippen LogP contribution in [0.15, 0.2) is 132 Å². The monoisotopic (exact) mass is 782 g/mol. The Bertz CT molecular complexity index is 2120. The number of unbranched alkanes of at least 4 members (excludes halogenated alkanes) is 2. The molecule has 6 aromatic rings. The predicted octanol–water partition coefficient (Wildman–Crippen LogP) is 8.30. The van der Waals surface area contributed by atoms with Gasteiger partial charge in [0, 0.05) is 0 Å². The standard InChI is InChI=1S/2C23H21.C2H4.2ClH.Zr/c2*1-2-3-8-17-15-19-11-7-14-22(23(19)16-17)21-13-6-10-18-9-4-5-12-20(18)21;1-2;;;/h2*4-7,9-16H,2-3,8H2,1H3;1-2H2;2*1H;/q;;;;;+2/p-2. The SMILES string of the molecule is CCCCC1=Cc2c(-c3cccc4ccccc34)cccc2[CH]1[Zr+2]1([CH]2C(CCCC)=Cc3c(-c4cccc5ccccc45)cccc32)[CH2][CH2]1.[Cl-].[Cl-]. The molecule has 6 aromatic carbocycles. The van der Waals surface area contributed by atoms with Gasteiger partial charge in [0.25, 0.3) is 0 Å². The molecule has 0 bridgehead atoms. The fraction of sp³-hybridized carbons (Fsp3) is 0.250. The molecular weight excluding hydrogens is 739 g/mol. The summed E-state index contributed by atoms with van der Waals surface area (Å²) in [6.45, 7) is 4.73. The van der Waals surface area contributed by atoms with E-state index in [1.807, 2.05) is 0 Å². The van der Waals surface area contributed by atoms with Crippen molar-refractivity contribution in [3.8, 4) is 22.3 Å². The molecule has 51 heavy (non-hydrogen) atoms. The van der Waals surface area contributed by atoms with E-state index < -0.39 is 20.3 Å². The fourth-order valence-corrected chi connectivity index (χ4v) is 27.4. The molecule has 0 amide bonds. The van der Waals surface area contributed by atoms with Gasteiger partial charge in [-0.05, 0) is 0 Å². The first kappa shape index (κ1) is 36.2. The summed E-state index contributed by atoms with van der Waals surface area (Å²) in [7, 11) is 0. The van der Waals surface area contributed by atoms with Crippen molar-refractivity contribution < 1.29 is 45.1 Å². The third kappa shape index (κ3) is 6.12. The second kappa shape index (κ2) is 15.0. The van der Waals surface area contributed by atoms with Crippen molar-refractivity contribution in [2.75, 3.05) is 0 Å². The van der Waals surface area contributed by atoms with Crippen LogP contribution in [0.3, 0.4) is 0 Å². The van der Waals surface area contributed by atoms with Crippen LogP contribution in [-0.2, 0) is 20.3 Å². The van der Waals surface area contributed by atoms with Crippen LogP contribution >= 0.6 is 0 Å². The van der Waals surface area contributed by atoms with Crippen LogP contribution in [0, 0.1) is 0 Å². The Morgan fingerprint density at radius 2 is 0.863 bits per heavy atom. The quantitative estimate of drug-likeness (QED) is 0.131. The van der Waals surface area contributed by atoms with Gasteiger partial charge in [0.15, 0.2) is 0 Å². The van der Waals surface area contributed by atoms with E-state index in [9.17, 15) is 0 Å². The summed E-state index contributed by atoms with van der Waals surface area (Å²) in [4.78, 5) is 0. The normalized spacial score (nSPS) is 17.4. The summed E-state index contributed by atoms with van der Waals surface area (Å²) in [6, 6.07) is 46.3. The van der Waals surface area contributed by atoms with Gasteiger partial charge < -0.3 is 24.8 Å². The van der Waals surface area contributed by atoms with E-state index in [-0.39, 0.29) is 24.8 Å². The second-order valence-electron chi connectivity index (χ2n) is 14.9. The third-order valence-electron chi connectivity index (χ3n) is 12.1. The molecule has 1 heterocycles. The van der Waals surface area contributed by atoms with E-state index in [2.05, 4.69) is 147 Å². The van der Waals surface area contributed by atoms with Crippen molar-refractivity contribution in [1.29, 1.82) is 0 Å². The van der Waals surface area contributed by atoms with E-state index >= 15 is 0 Å². The van der Waals surface area contributed by atoms with Crippen LogP contribution in [0.2, 0.25) is 8.26 Å². The van der Waals surface area contributed by atoms with E-state index in [4.69, 9.17) is 0 Å². The van der Waals surface area contributed by atoms with Gasteiger partial charge in [-0.15, -0.1) is 0 Å². The smallest absolute Gasteiger partial charge is 1.00 e. The van der Waals surface area contributed by atoms with Gasteiger partial charge in [-0.3, -0.25) is 0 Å². The molecule has 0 spiro atoms. The van der Waals surface area contributed by atoms with Gasteiger partial charge in [0.05, 0.1) is 0 Å². The topological polar surface area (TPSA) is 0 Å². The van der Waals surface area contributed by atoms with Crippen molar-refractivity contribution >= 4 is 33.7 Å². The molecule has 0 radical (unpaired) electrons. The molecule has 2 atom stereocenters. The molecule has 0 saturated carbocycles. The molecule has 9 rings (SSSR count). The number of hydrogen-bond acceptors (Lipinski definition) is 0. The van der Waals surface area contributed by atoms with Gasteiger partial charge in [0.1, 0.15) is 0 Å². The van der Waals surface area contributed by atoms with Gasteiger partial charge in [-0.2, -0.15) is 0 Å². The summed E-state index contributed by atoms with van der Waals surface area (Å²) in [5, 5.41) is 5.39. The van der Waals surface area contributed by atoms with Crippen molar-refractivity contribution in [2.45, 2.75) is 67.9 Å². The second-order valence-corrected chi connectivity index (χ2v) is 26.3. The molecule has 2 unspecified atom stereocenters. The van der Waals surface area contributed by atoms with Gasteiger partial charge in [-0.1, -0.05) is 0 Å². The molecule has 0 aromatic heterocycles. The van der Waals surface area contributed by atoms with E-state index in [1.54, 1.807) is 22.3 Å². The van der Waals surface area contributed by atoms with Crippen LogP contribution < -0.4 is 24.8 Å². The largest absolute Gasteiger partial charge is 1.00 e. The van der Waals surface area contributed by atoms with Crippen LogP contribution in [0.4, 0.5) is 0 Å². The van der Waals surface area contributed by atoms with Gasteiger partial charge >= 0.3 is 299 Å². The summed E-state index contributed by atoms with van der Waals surface area (Å²) >= 11 is -2.85. The number of allylic oxidation sites excluding steroid dienone is 2. The van der Waals surface area contributed by atoms with Crippen LogP contribution in [-0.4, -0.2) is 0 Å². The summed E-state index contributed by atoms with van der Waals surface area (Å²) < 4.78 is 4.36. The Labute approximate surface area is 321 Å². The molecule has 0 nitrogen and oxygen atoms in total. The van der Waals surface area contributed by atoms with Crippen molar-refractivity contribution in [3.63, 3.8) is 0 Å². The maximum Gasteiger partial charge on any atom is -1.00 e. The first-order chi connectivity index (χ1) is 24.2. The maximum atomic E-state index is 2.70. The number of hydrogen-bond donors (Lipinski definition) is 0. The summed E-state index contributed by atoms with van der Waals surface area (Å²) in [5.74, 6) is 0. The zero-order valence-electron chi connectivity index (χ0n) is 29.8. The first-order valence-electron chi connectivity index (χ1n) is 18.8. The van der Waals surface area contributed by atoms with Crippen LogP contribution in [0.5, 0.6) is 0 Å². The Kier molecular flexibility index (Phi) is 10.7. The first-order valence-corrected chi connectivity index (χ1v) is 25.2. The van der Waals surface area contributed by atoms with Crippen molar-refractivity contribution in [3.05, 3.63) is 155 Å². The summed E-state index contributed by atoms with van der Waals surface area (Å²) in [6.07, 6.45) is 13.0. The molecule has 3 heteroatoms. The van der Waals surface area contributed by atoms with Crippen molar-refractivity contribution in [1.82, 2.24) is 0 Å². The molecule has 1 saturated heterocycles. The fourth-order valence-electron chi connectivity index (χ4n) is 9.76. The molecule has 1 aliphatic heterocycles. The average Bonchev–Trinajstić information content (AvgIpc) is 3.69. The number of rotatable bonds is 10. The Morgan fingerprint density at radius 3 is 1.29 bits per heavy atom. The van der Waals surface area contributed by atoms with Gasteiger partial charge in [-0.25, -0.2) is 0 Å². The van der Waals surface area contributed by atoms with E-state index in [0.717, 1.165) is 0 Å². The number of fused-ring (bicyclic) bond motifs is 4. The molecule has 1 fully saturated rings. The third-order valence-corrected chi connectivity index (χ3v) is 25.1. The zero-order chi connectivity index (χ0) is 33.0. The minimum atomic E-state index is -2.85. The summed E-state index contributed by atoms with van der Waals surface area (Å²) in [5.41, 5.74) is 15.6. The molecule has 3 aliphatic rings. The van der Waals surface area contributed by atoms with Crippen LogP contribution in [0.1, 0.15) is 81.9 Å². The number of benzene rings is 6. The zero-order valence-corrected chi connectivity index (χ0v) is 33.7. The molecule has 2 aliphatic carbocycles. The molecule has 0 N–H and O–H groups in total. The molecular formula is C48H46Cl2Zr. The Hall–Kier alpha value is -3.22.